The average Bonchev–Trinajstić information content (AvgIpc) is 2.90. The molecule has 0 aliphatic carbocycles. The number of hydrogen-bond acceptors (Lipinski definition) is 4. The van der Waals surface area contributed by atoms with Gasteiger partial charge in [0, 0.05) is 45.0 Å². The summed E-state index contributed by atoms with van der Waals surface area (Å²) in [5, 5.41) is 0. The molecule has 2 atom stereocenters. The zero-order valence-corrected chi connectivity index (χ0v) is 11.3. The lowest BCUT2D eigenvalue weighted by molar-refractivity contribution is -0.130. The van der Waals surface area contributed by atoms with Crippen molar-refractivity contribution in [3.8, 4) is 0 Å². The highest BCUT2D eigenvalue weighted by Gasteiger charge is 2.38. The molecular weight excluding hydrogens is 240 g/mol. The maximum Gasteiger partial charge on any atom is 0.222 e. The van der Waals surface area contributed by atoms with Gasteiger partial charge >= 0.3 is 0 Å². The van der Waals surface area contributed by atoms with Crippen LogP contribution in [0.3, 0.4) is 0 Å². The number of carbonyl (C=O) groups is 1. The Bertz CT molecular complexity index is 450. The smallest absolute Gasteiger partial charge is 0.222 e. The molecule has 1 aromatic rings. The van der Waals surface area contributed by atoms with E-state index in [4.69, 9.17) is 0 Å². The molecule has 0 N–H and O–H groups in total. The molecule has 0 saturated carbocycles. The summed E-state index contributed by atoms with van der Waals surface area (Å²) in [7, 11) is 0. The van der Waals surface area contributed by atoms with Gasteiger partial charge in [0.05, 0.1) is 6.20 Å². The molecule has 19 heavy (non-hydrogen) atoms. The number of piperidine rings is 1. The summed E-state index contributed by atoms with van der Waals surface area (Å²) >= 11 is 0. The summed E-state index contributed by atoms with van der Waals surface area (Å²) in [4.78, 5) is 24.6. The van der Waals surface area contributed by atoms with Crippen LogP contribution in [-0.4, -0.2) is 47.0 Å². The number of carbonyl (C=O) groups excluding carboxylic acids is 1. The quantitative estimate of drug-likeness (QED) is 0.801. The second-order valence-electron chi connectivity index (χ2n) is 5.47. The Labute approximate surface area is 113 Å². The Balaban J connectivity index is 1.67. The third kappa shape index (κ3) is 2.41. The van der Waals surface area contributed by atoms with Crippen molar-refractivity contribution >= 4 is 11.7 Å². The first-order valence-corrected chi connectivity index (χ1v) is 7.06. The van der Waals surface area contributed by atoms with Crippen molar-refractivity contribution in [2.24, 2.45) is 11.8 Å². The number of fused-ring (bicyclic) bond motifs is 1. The van der Waals surface area contributed by atoms with Crippen molar-refractivity contribution in [3.63, 3.8) is 0 Å². The molecule has 0 bridgehead atoms. The van der Waals surface area contributed by atoms with Crippen molar-refractivity contribution in [1.29, 1.82) is 0 Å². The zero-order chi connectivity index (χ0) is 13.2. The minimum Gasteiger partial charge on any atom is -0.355 e. The average molecular weight is 260 g/mol. The van der Waals surface area contributed by atoms with E-state index in [-0.39, 0.29) is 0 Å². The lowest BCUT2D eigenvalue weighted by Crippen LogP contribution is -2.40. The van der Waals surface area contributed by atoms with E-state index in [9.17, 15) is 4.79 Å². The van der Waals surface area contributed by atoms with Crippen LogP contribution in [0.4, 0.5) is 5.82 Å². The van der Waals surface area contributed by atoms with Gasteiger partial charge in [-0.25, -0.2) is 4.98 Å². The van der Waals surface area contributed by atoms with E-state index in [2.05, 4.69) is 14.9 Å². The Morgan fingerprint density at radius 1 is 1.32 bits per heavy atom. The first-order chi connectivity index (χ1) is 9.28. The van der Waals surface area contributed by atoms with E-state index in [0.717, 1.165) is 38.4 Å². The van der Waals surface area contributed by atoms with Crippen molar-refractivity contribution in [2.75, 3.05) is 31.1 Å². The lowest BCUT2D eigenvalue weighted by atomic mass is 9.89. The second kappa shape index (κ2) is 5.15. The Morgan fingerprint density at radius 3 is 2.89 bits per heavy atom. The van der Waals surface area contributed by atoms with Gasteiger partial charge in [0.2, 0.25) is 5.91 Å². The molecule has 3 rings (SSSR count). The fourth-order valence-electron chi connectivity index (χ4n) is 3.26. The Kier molecular flexibility index (Phi) is 3.36. The molecular formula is C14H20N4O. The number of hydrogen-bond donors (Lipinski definition) is 0. The second-order valence-corrected chi connectivity index (χ2v) is 5.47. The molecule has 5 nitrogen and oxygen atoms in total. The Hall–Kier alpha value is -1.65. The van der Waals surface area contributed by atoms with Crippen LogP contribution in [0, 0.1) is 11.8 Å². The molecule has 2 aliphatic rings. The largest absolute Gasteiger partial charge is 0.355 e. The van der Waals surface area contributed by atoms with Gasteiger partial charge in [-0.15, -0.1) is 0 Å². The van der Waals surface area contributed by atoms with Gasteiger partial charge in [-0.05, 0) is 18.3 Å². The predicted molar refractivity (Wildman–Crippen MR) is 72.7 cm³/mol. The van der Waals surface area contributed by atoms with E-state index >= 15 is 0 Å². The molecule has 0 aromatic carbocycles. The number of likely N-dealkylation sites (tertiary alicyclic amines) is 1. The highest BCUT2D eigenvalue weighted by molar-refractivity contribution is 5.76. The number of rotatable bonds is 2. The summed E-state index contributed by atoms with van der Waals surface area (Å²) < 4.78 is 0. The molecule has 0 unspecified atom stereocenters. The number of aromatic nitrogens is 2. The molecule has 1 amide bonds. The molecule has 1 aromatic heterocycles. The van der Waals surface area contributed by atoms with Crippen LogP contribution in [0.2, 0.25) is 0 Å². The Morgan fingerprint density at radius 2 is 2.16 bits per heavy atom. The van der Waals surface area contributed by atoms with Gasteiger partial charge in [0.1, 0.15) is 5.82 Å². The standard InChI is InChI=1S/C14H20N4O/c1-2-14(19)18-8-11-3-6-17(9-12(11)10-18)13-7-15-4-5-16-13/h4-5,7,11-12H,2-3,6,8-10H2,1H3/t11-,12+/m1/s1. The van der Waals surface area contributed by atoms with E-state index in [1.54, 1.807) is 12.4 Å². The van der Waals surface area contributed by atoms with E-state index in [1.807, 2.05) is 18.0 Å². The van der Waals surface area contributed by atoms with Crippen molar-refractivity contribution in [2.45, 2.75) is 19.8 Å². The summed E-state index contributed by atoms with van der Waals surface area (Å²) in [5.41, 5.74) is 0. The fourth-order valence-corrected chi connectivity index (χ4v) is 3.26. The topological polar surface area (TPSA) is 49.3 Å². The third-order valence-electron chi connectivity index (χ3n) is 4.33. The maximum absolute atomic E-state index is 11.8. The molecule has 3 heterocycles. The highest BCUT2D eigenvalue weighted by Crippen LogP contribution is 2.32. The third-order valence-corrected chi connectivity index (χ3v) is 4.33. The van der Waals surface area contributed by atoms with Crippen LogP contribution in [0.1, 0.15) is 19.8 Å². The first-order valence-electron chi connectivity index (χ1n) is 7.06. The van der Waals surface area contributed by atoms with Gasteiger partial charge < -0.3 is 9.80 Å². The lowest BCUT2D eigenvalue weighted by Gasteiger charge is -2.34. The van der Waals surface area contributed by atoms with Gasteiger partial charge in [0.25, 0.3) is 0 Å². The molecule has 0 spiro atoms. The summed E-state index contributed by atoms with van der Waals surface area (Å²) in [6.45, 7) is 5.82. The molecule has 102 valence electrons. The SMILES string of the molecule is CCC(=O)N1C[C@H]2CCN(c3cnccn3)C[C@H]2C1. The fraction of sp³-hybridized carbons (Fsp3) is 0.643. The molecule has 2 aliphatic heterocycles. The van der Waals surface area contributed by atoms with E-state index in [1.165, 1.54) is 0 Å². The minimum absolute atomic E-state index is 0.292. The van der Waals surface area contributed by atoms with E-state index in [0.29, 0.717) is 24.2 Å². The van der Waals surface area contributed by atoms with Crippen molar-refractivity contribution < 1.29 is 4.79 Å². The van der Waals surface area contributed by atoms with E-state index < -0.39 is 0 Å². The van der Waals surface area contributed by atoms with Crippen LogP contribution < -0.4 is 4.90 Å². The number of amides is 1. The molecule has 5 heteroatoms. The summed E-state index contributed by atoms with van der Waals surface area (Å²) in [6, 6.07) is 0. The monoisotopic (exact) mass is 260 g/mol. The number of nitrogens with zero attached hydrogens (tertiary/aromatic N) is 4. The highest BCUT2D eigenvalue weighted by atomic mass is 16.2. The van der Waals surface area contributed by atoms with Crippen LogP contribution in [0.25, 0.3) is 0 Å². The molecule has 2 fully saturated rings. The molecule has 2 saturated heterocycles. The number of anilines is 1. The van der Waals surface area contributed by atoms with Crippen LogP contribution >= 0.6 is 0 Å². The van der Waals surface area contributed by atoms with Gasteiger partial charge in [-0.1, -0.05) is 6.92 Å². The zero-order valence-electron chi connectivity index (χ0n) is 11.3. The van der Waals surface area contributed by atoms with Crippen molar-refractivity contribution in [1.82, 2.24) is 14.9 Å². The summed E-state index contributed by atoms with van der Waals surface area (Å²) in [6.07, 6.45) is 7.03. The maximum atomic E-state index is 11.8. The van der Waals surface area contributed by atoms with Crippen LogP contribution in [0.15, 0.2) is 18.6 Å². The van der Waals surface area contributed by atoms with Crippen LogP contribution in [-0.2, 0) is 4.79 Å². The predicted octanol–water partition coefficient (Wildman–Crippen LogP) is 1.17. The van der Waals surface area contributed by atoms with Gasteiger partial charge in [0.15, 0.2) is 0 Å². The minimum atomic E-state index is 0.292. The first kappa shape index (κ1) is 12.4. The normalized spacial score (nSPS) is 26.4. The van der Waals surface area contributed by atoms with Crippen molar-refractivity contribution in [3.05, 3.63) is 18.6 Å². The van der Waals surface area contributed by atoms with Gasteiger partial charge in [-0.2, -0.15) is 0 Å². The molecule has 0 radical (unpaired) electrons. The summed E-state index contributed by atoms with van der Waals surface area (Å²) in [5.74, 6) is 2.51. The van der Waals surface area contributed by atoms with Gasteiger partial charge in [-0.3, -0.25) is 9.78 Å². The van der Waals surface area contributed by atoms with Crippen LogP contribution in [0.5, 0.6) is 0 Å².